The highest BCUT2D eigenvalue weighted by atomic mass is 32.2. The summed E-state index contributed by atoms with van der Waals surface area (Å²) in [5.74, 6) is -1.67. The quantitative estimate of drug-likeness (QED) is 0.634. The number of ether oxygens (including phenoxy) is 1. The summed E-state index contributed by atoms with van der Waals surface area (Å²) in [5.41, 5.74) is -0.970. The number of hydrogen-bond donors (Lipinski definition) is 0. The lowest BCUT2D eigenvalue weighted by molar-refractivity contribution is -0.137. The molecule has 0 heterocycles. The molecule has 0 spiro atoms. The zero-order valence-corrected chi connectivity index (χ0v) is 10.8. The largest absolute Gasteiger partial charge is 0.464 e. The minimum Gasteiger partial charge on any atom is -0.464 e. The van der Waals surface area contributed by atoms with Crippen LogP contribution in [0.3, 0.4) is 0 Å². The molecule has 0 bridgehead atoms. The molecule has 0 aromatic heterocycles. The van der Waals surface area contributed by atoms with E-state index in [2.05, 4.69) is 9.13 Å². The number of methoxy groups -OCH3 is 1. The molecule has 0 N–H and O–H groups in total. The van der Waals surface area contributed by atoms with Crippen LogP contribution in [0.5, 0.6) is 0 Å². The first kappa shape index (κ1) is 15.4. The van der Waals surface area contributed by atoms with Gasteiger partial charge in [0.15, 0.2) is 11.0 Å². The molecule has 1 rings (SSSR count). The van der Waals surface area contributed by atoms with Crippen LogP contribution in [0.25, 0.3) is 0 Å². The van der Waals surface area contributed by atoms with Gasteiger partial charge in [0.1, 0.15) is 0 Å². The van der Waals surface area contributed by atoms with Crippen LogP contribution >= 0.6 is 0 Å². The summed E-state index contributed by atoms with van der Waals surface area (Å²) in [6.07, 6.45) is -5.02. The smallest absolute Gasteiger partial charge is 0.441 e. The Morgan fingerprint density at radius 2 is 1.79 bits per heavy atom. The number of hydrogen-bond acceptors (Lipinski definition) is 3. The summed E-state index contributed by atoms with van der Waals surface area (Å²) in [6.45, 7) is 1.77. The van der Waals surface area contributed by atoms with Crippen molar-refractivity contribution in [3.63, 3.8) is 0 Å². The summed E-state index contributed by atoms with van der Waals surface area (Å²) in [5, 5.41) is 0. The average molecular weight is 293 g/mol. The normalized spacial score (nSPS) is 14.1. The van der Waals surface area contributed by atoms with E-state index in [4.69, 9.17) is 0 Å². The van der Waals surface area contributed by atoms with Crippen molar-refractivity contribution in [2.24, 2.45) is 4.40 Å². The number of aryl methyl sites for hydroxylation is 1. The third kappa shape index (κ3) is 4.16. The van der Waals surface area contributed by atoms with Gasteiger partial charge in [-0.05, 0) is 19.1 Å². The number of benzene rings is 1. The summed E-state index contributed by atoms with van der Waals surface area (Å²) < 4.78 is 56.1. The van der Waals surface area contributed by atoms with Crippen LogP contribution in [0, 0.1) is 6.92 Å². The summed E-state index contributed by atoms with van der Waals surface area (Å²) in [4.78, 5) is 11.0. The number of carbonyl (C=O) groups excluding carboxylic acids is 1. The van der Waals surface area contributed by atoms with Crippen LogP contribution in [-0.2, 0) is 20.5 Å². The Labute approximate surface area is 109 Å². The molecule has 0 radical (unpaired) electrons. The van der Waals surface area contributed by atoms with E-state index in [0.717, 1.165) is 12.7 Å². The average Bonchev–Trinajstić information content (AvgIpc) is 2.34. The maximum Gasteiger partial charge on any atom is 0.441 e. The van der Waals surface area contributed by atoms with Gasteiger partial charge in [0.25, 0.3) is 0 Å². The molecule has 0 saturated carbocycles. The van der Waals surface area contributed by atoms with Gasteiger partial charge in [-0.15, -0.1) is 0 Å². The highest BCUT2D eigenvalue weighted by Crippen LogP contribution is 2.20. The van der Waals surface area contributed by atoms with Gasteiger partial charge in [0, 0.05) is 0 Å². The molecule has 0 aliphatic carbocycles. The molecule has 0 aliphatic rings. The zero-order valence-electron chi connectivity index (χ0n) is 10.0. The lowest BCUT2D eigenvalue weighted by Crippen LogP contribution is -2.32. The van der Waals surface area contributed by atoms with Gasteiger partial charge in [-0.2, -0.15) is 17.6 Å². The van der Waals surface area contributed by atoms with Gasteiger partial charge in [-0.25, -0.2) is 9.00 Å². The van der Waals surface area contributed by atoms with Crippen LogP contribution in [0.15, 0.2) is 33.6 Å². The number of halogens is 3. The van der Waals surface area contributed by atoms with Crippen molar-refractivity contribution in [1.29, 1.82) is 0 Å². The van der Waals surface area contributed by atoms with E-state index < -0.39 is 28.8 Å². The number of esters is 1. The Morgan fingerprint density at radius 1 is 1.26 bits per heavy atom. The lowest BCUT2D eigenvalue weighted by atomic mass is 10.2. The van der Waals surface area contributed by atoms with Crippen molar-refractivity contribution >= 4 is 22.7 Å². The van der Waals surface area contributed by atoms with Gasteiger partial charge in [-0.1, -0.05) is 17.7 Å². The van der Waals surface area contributed by atoms with Crippen LogP contribution in [0.4, 0.5) is 13.2 Å². The van der Waals surface area contributed by atoms with E-state index in [0.29, 0.717) is 0 Å². The molecule has 4 nitrogen and oxygen atoms in total. The Morgan fingerprint density at radius 3 is 2.21 bits per heavy atom. The van der Waals surface area contributed by atoms with E-state index in [-0.39, 0.29) is 4.90 Å². The molecular weight excluding hydrogens is 283 g/mol. The predicted octanol–water partition coefficient (Wildman–Crippen LogP) is 2.19. The first-order valence-corrected chi connectivity index (χ1v) is 6.09. The van der Waals surface area contributed by atoms with Crippen LogP contribution in [-0.4, -0.2) is 29.2 Å². The Balaban J connectivity index is 3.12. The van der Waals surface area contributed by atoms with Crippen LogP contribution in [0.2, 0.25) is 0 Å². The Kier molecular flexibility index (Phi) is 4.82. The highest BCUT2D eigenvalue weighted by molar-refractivity contribution is 7.84. The summed E-state index contributed by atoms with van der Waals surface area (Å²) >= 11 is 0. The second kappa shape index (κ2) is 5.96. The SMILES string of the molecule is COC(=O)/C(=N/S(=O)c1ccc(C)cc1)C(F)(F)F. The Bertz CT molecular complexity index is 523. The van der Waals surface area contributed by atoms with E-state index in [1.165, 1.54) is 12.1 Å². The monoisotopic (exact) mass is 293 g/mol. The minimum absolute atomic E-state index is 0.0660. The second-order valence-electron chi connectivity index (χ2n) is 3.49. The van der Waals surface area contributed by atoms with Crippen molar-refractivity contribution < 1.29 is 26.9 Å². The highest BCUT2D eigenvalue weighted by Gasteiger charge is 2.42. The standard InChI is InChI=1S/C11H10F3NO3S/c1-7-3-5-8(6-4-7)19(17)15-9(10(16)18-2)11(12,13)14/h3-6H,1-2H3/b15-9-. The number of rotatable bonds is 3. The molecule has 8 heteroatoms. The molecule has 104 valence electrons. The third-order valence-electron chi connectivity index (χ3n) is 2.04. The second-order valence-corrected chi connectivity index (χ2v) is 4.64. The number of nitrogens with zero attached hydrogens (tertiary/aromatic N) is 1. The van der Waals surface area contributed by atoms with Crippen molar-refractivity contribution in [2.45, 2.75) is 18.0 Å². The maximum atomic E-state index is 12.5. The van der Waals surface area contributed by atoms with Crippen molar-refractivity contribution in [2.75, 3.05) is 7.11 Å². The molecule has 0 aliphatic heterocycles. The minimum atomic E-state index is -5.02. The summed E-state index contributed by atoms with van der Waals surface area (Å²) in [7, 11) is -1.53. The van der Waals surface area contributed by atoms with Crippen molar-refractivity contribution in [3.8, 4) is 0 Å². The van der Waals surface area contributed by atoms with Gasteiger partial charge in [0.2, 0.25) is 5.71 Å². The lowest BCUT2D eigenvalue weighted by Gasteiger charge is -2.07. The molecule has 1 atom stereocenters. The molecular formula is C11H10F3NO3S. The molecule has 1 aromatic rings. The summed E-state index contributed by atoms with van der Waals surface area (Å²) in [6, 6.07) is 5.91. The van der Waals surface area contributed by atoms with E-state index in [9.17, 15) is 22.2 Å². The van der Waals surface area contributed by atoms with E-state index in [1.54, 1.807) is 19.1 Å². The van der Waals surface area contributed by atoms with E-state index in [1.807, 2.05) is 0 Å². The van der Waals surface area contributed by atoms with Crippen LogP contribution in [0.1, 0.15) is 5.56 Å². The van der Waals surface area contributed by atoms with Gasteiger partial charge >= 0.3 is 12.1 Å². The van der Waals surface area contributed by atoms with Gasteiger partial charge in [-0.3, -0.25) is 0 Å². The topological polar surface area (TPSA) is 55.7 Å². The Hall–Kier alpha value is -1.70. The first-order valence-electron chi connectivity index (χ1n) is 4.98. The molecule has 1 unspecified atom stereocenters. The molecule has 0 amide bonds. The molecule has 19 heavy (non-hydrogen) atoms. The third-order valence-corrected chi connectivity index (χ3v) is 3.07. The number of alkyl halides is 3. The molecule has 1 aromatic carbocycles. The fourth-order valence-electron chi connectivity index (χ4n) is 1.09. The predicted molar refractivity (Wildman–Crippen MR) is 63.1 cm³/mol. The van der Waals surface area contributed by atoms with Crippen LogP contribution < -0.4 is 0 Å². The van der Waals surface area contributed by atoms with Crippen molar-refractivity contribution in [1.82, 2.24) is 0 Å². The molecule has 0 fully saturated rings. The fraction of sp³-hybridized carbons (Fsp3) is 0.273. The van der Waals surface area contributed by atoms with Gasteiger partial charge < -0.3 is 4.74 Å². The molecule has 0 saturated heterocycles. The van der Waals surface area contributed by atoms with Crippen molar-refractivity contribution in [3.05, 3.63) is 29.8 Å². The zero-order chi connectivity index (χ0) is 14.6. The van der Waals surface area contributed by atoms with E-state index >= 15 is 0 Å². The fourth-order valence-corrected chi connectivity index (χ4v) is 1.91. The first-order chi connectivity index (χ1) is 8.75. The maximum absolute atomic E-state index is 12.5. The number of carbonyl (C=O) groups is 1. The van der Waals surface area contributed by atoms with Gasteiger partial charge in [0.05, 0.1) is 12.0 Å².